The summed E-state index contributed by atoms with van der Waals surface area (Å²) in [7, 11) is 0. The van der Waals surface area contributed by atoms with Crippen LogP contribution in [0.1, 0.15) is 40.9 Å². The molecule has 0 bridgehead atoms. The molecule has 4 rings (SSSR count). The molecule has 1 aromatic carbocycles. The zero-order valence-corrected chi connectivity index (χ0v) is 16.1. The van der Waals surface area contributed by atoms with Crippen molar-refractivity contribution in [3.8, 4) is 11.3 Å². The average Bonchev–Trinajstić information content (AvgIpc) is 3.35. The molecule has 142 valence electrons. The molecule has 2 aliphatic rings. The Morgan fingerprint density at radius 2 is 1.93 bits per heavy atom. The lowest BCUT2D eigenvalue weighted by Crippen LogP contribution is -2.31. The Labute approximate surface area is 160 Å². The van der Waals surface area contributed by atoms with Crippen LogP contribution in [-0.4, -0.2) is 53.0 Å². The van der Waals surface area contributed by atoms with E-state index in [0.29, 0.717) is 12.1 Å². The molecule has 3 heterocycles. The van der Waals surface area contributed by atoms with Gasteiger partial charge in [0.15, 0.2) is 0 Å². The van der Waals surface area contributed by atoms with Gasteiger partial charge in [0.1, 0.15) is 0 Å². The number of nitrogens with two attached hydrogens (primary N) is 1. The van der Waals surface area contributed by atoms with Crippen LogP contribution in [0, 0.1) is 13.8 Å². The van der Waals surface area contributed by atoms with Crippen LogP contribution in [0.25, 0.3) is 11.3 Å². The normalized spacial score (nSPS) is 19.7. The standard InChI is InChI=1S/C21H27N5O/c1-14-15(2)23-21(25-9-3-4-10-25)24-19(14)16-6-5-7-17(12-16)20(27)26-11-8-18(22)13-26/h5-7,12,18H,3-4,8-11,13,22H2,1-2H3/t18-/m0/s1. The predicted octanol–water partition coefficient (Wildman–Crippen LogP) is 2.53. The smallest absolute Gasteiger partial charge is 0.253 e. The first-order chi connectivity index (χ1) is 13.0. The molecular formula is C21H27N5O. The number of benzene rings is 1. The van der Waals surface area contributed by atoms with Gasteiger partial charge in [-0.25, -0.2) is 9.97 Å². The molecule has 0 unspecified atom stereocenters. The first-order valence-electron chi connectivity index (χ1n) is 9.78. The molecule has 1 aromatic heterocycles. The number of likely N-dealkylation sites (tertiary alicyclic amines) is 1. The van der Waals surface area contributed by atoms with Crippen molar-refractivity contribution in [2.75, 3.05) is 31.1 Å². The average molecular weight is 365 g/mol. The van der Waals surface area contributed by atoms with E-state index in [1.807, 2.05) is 43.0 Å². The molecule has 0 saturated carbocycles. The Bertz CT molecular complexity index is 860. The summed E-state index contributed by atoms with van der Waals surface area (Å²) in [6.45, 7) is 7.46. The second-order valence-electron chi connectivity index (χ2n) is 7.66. The first-order valence-corrected chi connectivity index (χ1v) is 9.78. The number of hydrogen-bond acceptors (Lipinski definition) is 5. The second-order valence-corrected chi connectivity index (χ2v) is 7.66. The van der Waals surface area contributed by atoms with Crippen molar-refractivity contribution in [2.45, 2.75) is 39.2 Å². The molecule has 2 fully saturated rings. The van der Waals surface area contributed by atoms with Crippen LogP contribution in [0.15, 0.2) is 24.3 Å². The van der Waals surface area contributed by atoms with Gasteiger partial charge >= 0.3 is 0 Å². The molecule has 1 amide bonds. The number of hydrogen-bond donors (Lipinski definition) is 1. The minimum Gasteiger partial charge on any atom is -0.341 e. The molecule has 2 N–H and O–H groups in total. The van der Waals surface area contributed by atoms with Crippen LogP contribution in [0.4, 0.5) is 5.95 Å². The number of aryl methyl sites for hydroxylation is 1. The topological polar surface area (TPSA) is 75.4 Å². The van der Waals surface area contributed by atoms with Crippen molar-refractivity contribution >= 4 is 11.9 Å². The molecule has 6 nitrogen and oxygen atoms in total. The van der Waals surface area contributed by atoms with Crippen LogP contribution in [0.2, 0.25) is 0 Å². The molecule has 2 aliphatic heterocycles. The summed E-state index contributed by atoms with van der Waals surface area (Å²) < 4.78 is 0. The molecule has 1 atom stereocenters. The summed E-state index contributed by atoms with van der Waals surface area (Å²) in [5, 5.41) is 0. The minimum atomic E-state index is 0.0491. The van der Waals surface area contributed by atoms with E-state index >= 15 is 0 Å². The van der Waals surface area contributed by atoms with Gasteiger partial charge in [0, 0.05) is 49.0 Å². The van der Waals surface area contributed by atoms with Crippen LogP contribution in [-0.2, 0) is 0 Å². The monoisotopic (exact) mass is 365 g/mol. The highest BCUT2D eigenvalue weighted by molar-refractivity contribution is 5.95. The van der Waals surface area contributed by atoms with E-state index in [1.165, 1.54) is 12.8 Å². The summed E-state index contributed by atoms with van der Waals surface area (Å²) in [5.41, 5.74) is 10.6. The van der Waals surface area contributed by atoms with Gasteiger partial charge in [-0.2, -0.15) is 0 Å². The number of nitrogens with zero attached hydrogens (tertiary/aromatic N) is 4. The highest BCUT2D eigenvalue weighted by atomic mass is 16.2. The van der Waals surface area contributed by atoms with Gasteiger partial charge in [0.2, 0.25) is 5.95 Å². The second kappa shape index (κ2) is 7.27. The number of carbonyl (C=O) groups excluding carboxylic acids is 1. The summed E-state index contributed by atoms with van der Waals surface area (Å²) in [6.07, 6.45) is 3.25. The third-order valence-electron chi connectivity index (χ3n) is 5.66. The zero-order valence-electron chi connectivity index (χ0n) is 16.1. The van der Waals surface area contributed by atoms with E-state index < -0.39 is 0 Å². The van der Waals surface area contributed by atoms with Crippen molar-refractivity contribution in [1.29, 1.82) is 0 Å². The molecule has 6 heteroatoms. The van der Waals surface area contributed by atoms with E-state index in [1.54, 1.807) is 0 Å². The Morgan fingerprint density at radius 3 is 2.63 bits per heavy atom. The van der Waals surface area contributed by atoms with Gasteiger partial charge in [-0.15, -0.1) is 0 Å². The van der Waals surface area contributed by atoms with Gasteiger partial charge in [0.25, 0.3) is 5.91 Å². The van der Waals surface area contributed by atoms with Gasteiger partial charge in [-0.3, -0.25) is 4.79 Å². The molecule has 2 saturated heterocycles. The fourth-order valence-corrected chi connectivity index (χ4v) is 3.91. The van der Waals surface area contributed by atoms with Crippen molar-refractivity contribution in [3.63, 3.8) is 0 Å². The summed E-state index contributed by atoms with van der Waals surface area (Å²) >= 11 is 0. The minimum absolute atomic E-state index is 0.0491. The van der Waals surface area contributed by atoms with Crippen molar-refractivity contribution < 1.29 is 4.79 Å². The lowest BCUT2D eigenvalue weighted by atomic mass is 10.0. The largest absolute Gasteiger partial charge is 0.341 e. The van der Waals surface area contributed by atoms with E-state index in [-0.39, 0.29) is 11.9 Å². The summed E-state index contributed by atoms with van der Waals surface area (Å²) in [6, 6.07) is 7.88. The number of anilines is 1. The highest BCUT2D eigenvalue weighted by Gasteiger charge is 2.25. The van der Waals surface area contributed by atoms with Crippen LogP contribution in [0.5, 0.6) is 0 Å². The Kier molecular flexibility index (Phi) is 4.83. The summed E-state index contributed by atoms with van der Waals surface area (Å²) in [5.74, 6) is 0.848. The Hall–Kier alpha value is -2.47. The lowest BCUT2D eigenvalue weighted by molar-refractivity contribution is 0.0791. The summed E-state index contributed by atoms with van der Waals surface area (Å²) in [4.78, 5) is 26.5. The molecule has 2 aromatic rings. The van der Waals surface area contributed by atoms with Gasteiger partial charge < -0.3 is 15.5 Å². The maximum absolute atomic E-state index is 12.8. The van der Waals surface area contributed by atoms with Crippen LogP contribution >= 0.6 is 0 Å². The lowest BCUT2D eigenvalue weighted by Gasteiger charge is -2.19. The van der Waals surface area contributed by atoms with Gasteiger partial charge in [-0.05, 0) is 50.8 Å². The van der Waals surface area contributed by atoms with E-state index in [4.69, 9.17) is 15.7 Å². The molecule has 27 heavy (non-hydrogen) atoms. The third kappa shape index (κ3) is 3.54. The van der Waals surface area contributed by atoms with E-state index in [0.717, 1.165) is 54.5 Å². The van der Waals surface area contributed by atoms with E-state index in [2.05, 4.69) is 4.90 Å². The molecule has 0 aliphatic carbocycles. The SMILES string of the molecule is Cc1nc(N2CCCC2)nc(-c2cccc(C(=O)N3CC[C@H](N)C3)c2)c1C. The maximum Gasteiger partial charge on any atom is 0.253 e. The van der Waals surface area contributed by atoms with Crippen molar-refractivity contribution in [2.24, 2.45) is 5.73 Å². The fraction of sp³-hybridized carbons (Fsp3) is 0.476. The number of carbonyl (C=O) groups is 1. The highest BCUT2D eigenvalue weighted by Crippen LogP contribution is 2.28. The van der Waals surface area contributed by atoms with Crippen LogP contribution < -0.4 is 10.6 Å². The Morgan fingerprint density at radius 1 is 1.15 bits per heavy atom. The quantitative estimate of drug-likeness (QED) is 0.905. The number of amides is 1. The fourth-order valence-electron chi connectivity index (χ4n) is 3.91. The van der Waals surface area contributed by atoms with Crippen molar-refractivity contribution in [3.05, 3.63) is 41.1 Å². The predicted molar refractivity (Wildman–Crippen MR) is 107 cm³/mol. The first kappa shape index (κ1) is 17.9. The zero-order chi connectivity index (χ0) is 19.0. The third-order valence-corrected chi connectivity index (χ3v) is 5.66. The van der Waals surface area contributed by atoms with Crippen molar-refractivity contribution in [1.82, 2.24) is 14.9 Å². The van der Waals surface area contributed by atoms with E-state index in [9.17, 15) is 4.79 Å². The Balaban J connectivity index is 1.68. The maximum atomic E-state index is 12.8. The molecule has 0 radical (unpaired) electrons. The molecular weight excluding hydrogens is 338 g/mol. The number of aromatic nitrogens is 2. The van der Waals surface area contributed by atoms with Crippen LogP contribution in [0.3, 0.4) is 0 Å². The molecule has 0 spiro atoms. The van der Waals surface area contributed by atoms with Gasteiger partial charge in [0.05, 0.1) is 5.69 Å². The van der Waals surface area contributed by atoms with Gasteiger partial charge in [-0.1, -0.05) is 12.1 Å². The number of rotatable bonds is 3.